The van der Waals surface area contributed by atoms with E-state index < -0.39 is 25.7 Å². The first-order valence-electron chi connectivity index (χ1n) is 6.51. The van der Waals surface area contributed by atoms with Gasteiger partial charge in [0.25, 0.3) is 10.1 Å². The standard InChI is InChI=1S/C9H19NO3S.CHF3O3S/c1-10-6-5-9(8-10)4-2-3-7-14(11,12)13;2-1(3,4)8(5,6)7/h9H,2-8H2,1H3,(H,11,12,13);(H,5,6,7). The van der Waals surface area contributed by atoms with E-state index in [0.717, 1.165) is 18.8 Å². The summed E-state index contributed by atoms with van der Waals surface area (Å²) in [4.78, 5) is 1.57. The summed E-state index contributed by atoms with van der Waals surface area (Å²) in [6.45, 7) is 2.45. The lowest BCUT2D eigenvalue weighted by atomic mass is 10.0. The number of rotatable bonds is 5. The van der Waals surface area contributed by atoms with Crippen LogP contribution in [0.15, 0.2) is 0 Å². The molecule has 22 heavy (non-hydrogen) atoms. The highest BCUT2D eigenvalue weighted by Crippen LogP contribution is 2.20. The number of hydrogen-bond acceptors (Lipinski definition) is 5. The average molecular weight is 371 g/mol. The summed E-state index contributed by atoms with van der Waals surface area (Å²) in [5.74, 6) is 0.680. The van der Waals surface area contributed by atoms with Crippen LogP contribution in [0.2, 0.25) is 0 Å². The molecule has 0 aliphatic carbocycles. The Morgan fingerprint density at radius 1 is 1.23 bits per heavy atom. The van der Waals surface area contributed by atoms with Gasteiger partial charge in [-0.05, 0) is 12.8 Å². The van der Waals surface area contributed by atoms with E-state index in [2.05, 4.69) is 7.05 Å². The molecule has 7 nitrogen and oxygen atoms in total. The van der Waals surface area contributed by atoms with Crippen LogP contribution in [0.4, 0.5) is 13.2 Å². The maximum atomic E-state index is 10.7. The second kappa shape index (κ2) is 8.43. The van der Waals surface area contributed by atoms with E-state index in [1.165, 1.54) is 19.5 Å². The Morgan fingerprint density at radius 3 is 2.05 bits per heavy atom. The quantitative estimate of drug-likeness (QED) is 0.387. The largest absolute Gasteiger partial charge is 0.741 e. The van der Waals surface area contributed by atoms with Crippen molar-refractivity contribution in [3.8, 4) is 0 Å². The lowest BCUT2D eigenvalue weighted by Crippen LogP contribution is -3.07. The summed E-state index contributed by atoms with van der Waals surface area (Å²) >= 11 is 0. The van der Waals surface area contributed by atoms with Crippen LogP contribution in [0.25, 0.3) is 0 Å². The topological polar surface area (TPSA) is 116 Å². The third-order valence-electron chi connectivity index (χ3n) is 3.16. The summed E-state index contributed by atoms with van der Waals surface area (Å²) in [6.07, 6.45) is 3.87. The van der Waals surface area contributed by atoms with Gasteiger partial charge in [-0.15, -0.1) is 0 Å². The number of halogens is 3. The minimum absolute atomic E-state index is 0.0809. The average Bonchev–Trinajstić information content (AvgIpc) is 2.67. The molecule has 0 aromatic rings. The van der Waals surface area contributed by atoms with Crippen LogP contribution >= 0.6 is 0 Å². The first-order chi connectivity index (χ1) is 9.72. The van der Waals surface area contributed by atoms with Crippen molar-refractivity contribution in [1.29, 1.82) is 0 Å². The zero-order chi connectivity index (χ0) is 17.6. The van der Waals surface area contributed by atoms with Gasteiger partial charge in [0.05, 0.1) is 25.9 Å². The first kappa shape index (κ1) is 21.6. The van der Waals surface area contributed by atoms with E-state index >= 15 is 0 Å². The fraction of sp³-hybridized carbons (Fsp3) is 1.00. The highest BCUT2D eigenvalue weighted by atomic mass is 32.2. The first-order valence-corrected chi connectivity index (χ1v) is 9.52. The molecule has 2 unspecified atom stereocenters. The Bertz CT molecular complexity index is 531. The maximum Gasteiger partial charge on any atom is 0.485 e. The summed E-state index contributed by atoms with van der Waals surface area (Å²) in [5, 5.41) is 0. The van der Waals surface area contributed by atoms with Crippen molar-refractivity contribution in [2.75, 3.05) is 25.9 Å². The molecule has 1 saturated heterocycles. The van der Waals surface area contributed by atoms with Crippen molar-refractivity contribution < 1.29 is 44.0 Å². The molecule has 12 heteroatoms. The van der Waals surface area contributed by atoms with Gasteiger partial charge in [-0.1, -0.05) is 6.42 Å². The van der Waals surface area contributed by atoms with E-state index in [9.17, 15) is 21.6 Å². The van der Waals surface area contributed by atoms with Crippen LogP contribution in [0, 0.1) is 5.92 Å². The van der Waals surface area contributed by atoms with Gasteiger partial charge in [0, 0.05) is 12.3 Å². The van der Waals surface area contributed by atoms with Crippen LogP contribution in [0.5, 0.6) is 0 Å². The van der Waals surface area contributed by atoms with Gasteiger partial charge in [-0.2, -0.15) is 21.6 Å². The zero-order valence-electron chi connectivity index (χ0n) is 12.0. The SMILES string of the molecule is C[NH+]1CCC(CCCCS(=O)(=O)O)C1.O=S(=O)([O-])C(F)(F)F. The minimum atomic E-state index is -6.09. The monoisotopic (exact) mass is 371 g/mol. The van der Waals surface area contributed by atoms with Crippen LogP contribution in [0.1, 0.15) is 25.7 Å². The molecule has 1 rings (SSSR count). The fourth-order valence-corrected chi connectivity index (χ4v) is 2.68. The number of nitrogens with one attached hydrogen (secondary N) is 1. The van der Waals surface area contributed by atoms with Crippen molar-refractivity contribution in [2.24, 2.45) is 5.92 Å². The van der Waals surface area contributed by atoms with Gasteiger partial charge >= 0.3 is 5.51 Å². The molecule has 0 aromatic carbocycles. The van der Waals surface area contributed by atoms with Crippen LogP contribution in [-0.4, -0.2) is 57.3 Å². The summed E-state index contributed by atoms with van der Waals surface area (Å²) in [5.41, 5.74) is -5.65. The van der Waals surface area contributed by atoms with Crippen LogP contribution < -0.4 is 4.90 Å². The molecule has 0 spiro atoms. The number of quaternary nitrogens is 1. The van der Waals surface area contributed by atoms with Gasteiger partial charge in [0.2, 0.25) is 0 Å². The third-order valence-corrected chi connectivity index (χ3v) is 4.54. The normalized spacial score (nSPS) is 23.0. The molecule has 1 heterocycles. The Labute approximate surface area is 128 Å². The van der Waals surface area contributed by atoms with Crippen molar-refractivity contribution in [1.82, 2.24) is 0 Å². The van der Waals surface area contributed by atoms with E-state index in [1.807, 2.05) is 0 Å². The molecule has 0 radical (unpaired) electrons. The molecule has 0 aromatic heterocycles. The van der Waals surface area contributed by atoms with Gasteiger partial charge in [-0.3, -0.25) is 4.55 Å². The molecule has 134 valence electrons. The lowest BCUT2D eigenvalue weighted by Gasteiger charge is -2.08. The highest BCUT2D eigenvalue weighted by molar-refractivity contribution is 7.86. The third kappa shape index (κ3) is 10.3. The number of unbranched alkanes of at least 4 members (excludes halogenated alkanes) is 1. The van der Waals surface area contributed by atoms with Crippen molar-refractivity contribution in [2.45, 2.75) is 31.2 Å². The molecule has 0 bridgehead atoms. The van der Waals surface area contributed by atoms with E-state index in [1.54, 1.807) is 4.90 Å². The Morgan fingerprint density at radius 2 is 1.73 bits per heavy atom. The number of likely N-dealkylation sites (tertiary alicyclic amines) is 1. The fourth-order valence-electron chi connectivity index (χ4n) is 2.11. The Kier molecular flexibility index (Phi) is 8.27. The van der Waals surface area contributed by atoms with Crippen LogP contribution in [-0.2, 0) is 20.2 Å². The van der Waals surface area contributed by atoms with Gasteiger partial charge in [0.15, 0.2) is 10.1 Å². The number of hydrogen-bond donors (Lipinski definition) is 2. The van der Waals surface area contributed by atoms with E-state index in [0.29, 0.717) is 6.42 Å². The molecular formula is C10H20F3NO6S2. The van der Waals surface area contributed by atoms with E-state index in [-0.39, 0.29) is 5.75 Å². The maximum absolute atomic E-state index is 10.7. The molecule has 1 aliphatic rings. The summed E-state index contributed by atoms with van der Waals surface area (Å²) in [7, 11) is -7.63. The molecular weight excluding hydrogens is 351 g/mol. The second-order valence-electron chi connectivity index (χ2n) is 5.25. The molecule has 0 amide bonds. The lowest BCUT2D eigenvalue weighted by molar-refractivity contribution is -0.867. The molecule has 1 fully saturated rings. The zero-order valence-corrected chi connectivity index (χ0v) is 13.6. The van der Waals surface area contributed by atoms with E-state index in [4.69, 9.17) is 17.5 Å². The van der Waals surface area contributed by atoms with Gasteiger partial charge in [0.1, 0.15) is 0 Å². The summed E-state index contributed by atoms with van der Waals surface area (Å²) < 4.78 is 88.3. The molecule has 0 saturated carbocycles. The molecule has 2 N–H and O–H groups in total. The highest BCUT2D eigenvalue weighted by Gasteiger charge is 2.36. The Hall–Kier alpha value is -0.430. The smallest absolute Gasteiger partial charge is 0.485 e. The molecule has 1 aliphatic heterocycles. The van der Waals surface area contributed by atoms with Crippen molar-refractivity contribution in [3.05, 3.63) is 0 Å². The minimum Gasteiger partial charge on any atom is -0.741 e. The predicted octanol–water partition coefficient (Wildman–Crippen LogP) is -0.369. The molecule has 2 atom stereocenters. The van der Waals surface area contributed by atoms with Crippen molar-refractivity contribution >= 4 is 20.2 Å². The number of alkyl halides is 3. The Balaban J connectivity index is 0.000000472. The summed E-state index contributed by atoms with van der Waals surface area (Å²) in [6, 6.07) is 0. The predicted molar refractivity (Wildman–Crippen MR) is 70.7 cm³/mol. The van der Waals surface area contributed by atoms with Crippen molar-refractivity contribution in [3.63, 3.8) is 0 Å². The van der Waals surface area contributed by atoms with Gasteiger partial charge < -0.3 is 9.45 Å². The van der Waals surface area contributed by atoms with Gasteiger partial charge in [-0.25, -0.2) is 8.42 Å². The van der Waals surface area contributed by atoms with Crippen LogP contribution in [0.3, 0.4) is 0 Å². The second-order valence-corrected chi connectivity index (χ2v) is 8.19.